The van der Waals surface area contributed by atoms with E-state index in [1.54, 1.807) is 6.08 Å². The van der Waals surface area contributed by atoms with E-state index in [2.05, 4.69) is 36.9 Å². The summed E-state index contributed by atoms with van der Waals surface area (Å²) in [4.78, 5) is 11.3. The topological polar surface area (TPSA) is 29.1 Å². The Morgan fingerprint density at radius 3 is 2.83 bits per heavy atom. The Balaban J connectivity index is 3.65. The SMILES string of the molecule is C#CC#CCC/C=C\C=C\C(=O)NCCC(C)C. The van der Waals surface area contributed by atoms with Crippen LogP contribution in [0.4, 0.5) is 0 Å². The average Bonchev–Trinajstić information content (AvgIpc) is 2.32. The van der Waals surface area contributed by atoms with Gasteiger partial charge in [-0.1, -0.05) is 38.0 Å². The van der Waals surface area contributed by atoms with Crippen LogP contribution in [0.25, 0.3) is 0 Å². The van der Waals surface area contributed by atoms with Gasteiger partial charge >= 0.3 is 0 Å². The van der Waals surface area contributed by atoms with Crippen molar-refractivity contribution in [1.29, 1.82) is 0 Å². The summed E-state index contributed by atoms with van der Waals surface area (Å²) in [6, 6.07) is 0. The van der Waals surface area contributed by atoms with E-state index in [0.717, 1.165) is 25.8 Å². The van der Waals surface area contributed by atoms with Gasteiger partial charge < -0.3 is 5.32 Å². The summed E-state index contributed by atoms with van der Waals surface area (Å²) < 4.78 is 0. The van der Waals surface area contributed by atoms with E-state index in [4.69, 9.17) is 6.42 Å². The Morgan fingerprint density at radius 1 is 1.39 bits per heavy atom. The lowest BCUT2D eigenvalue weighted by Crippen LogP contribution is -2.23. The van der Waals surface area contributed by atoms with Crippen LogP contribution in [0.3, 0.4) is 0 Å². The molecule has 0 heterocycles. The summed E-state index contributed by atoms with van der Waals surface area (Å²) in [7, 11) is 0. The van der Waals surface area contributed by atoms with Crippen LogP contribution >= 0.6 is 0 Å². The molecular weight excluding hydrogens is 222 g/mol. The number of rotatable bonds is 7. The zero-order valence-electron chi connectivity index (χ0n) is 11.2. The second kappa shape index (κ2) is 11.6. The molecular formula is C16H21NO. The van der Waals surface area contributed by atoms with Crippen molar-refractivity contribution in [2.75, 3.05) is 6.54 Å². The highest BCUT2D eigenvalue weighted by Crippen LogP contribution is 1.96. The summed E-state index contributed by atoms with van der Waals surface area (Å²) in [5, 5.41) is 2.83. The molecule has 0 atom stereocenters. The number of hydrogen-bond donors (Lipinski definition) is 1. The molecule has 0 aromatic carbocycles. The molecule has 96 valence electrons. The first-order valence-electron chi connectivity index (χ1n) is 6.21. The van der Waals surface area contributed by atoms with Gasteiger partial charge in [-0.25, -0.2) is 0 Å². The number of allylic oxidation sites excluding steroid dienone is 3. The van der Waals surface area contributed by atoms with Gasteiger partial charge in [0.15, 0.2) is 0 Å². The normalized spacial score (nSPS) is 10.3. The van der Waals surface area contributed by atoms with E-state index in [9.17, 15) is 4.79 Å². The van der Waals surface area contributed by atoms with E-state index < -0.39 is 0 Å². The van der Waals surface area contributed by atoms with Crippen molar-refractivity contribution in [3.63, 3.8) is 0 Å². The average molecular weight is 243 g/mol. The molecule has 0 bridgehead atoms. The Kier molecular flexibility index (Phi) is 10.3. The van der Waals surface area contributed by atoms with Crippen LogP contribution in [0.2, 0.25) is 0 Å². The van der Waals surface area contributed by atoms with Crippen molar-refractivity contribution in [3.05, 3.63) is 24.3 Å². The molecule has 0 unspecified atom stereocenters. The smallest absolute Gasteiger partial charge is 0.243 e. The summed E-state index contributed by atoms with van der Waals surface area (Å²) >= 11 is 0. The predicted octanol–water partition coefficient (Wildman–Crippen LogP) is 2.68. The molecule has 0 saturated carbocycles. The van der Waals surface area contributed by atoms with Crippen LogP contribution in [0, 0.1) is 30.1 Å². The fourth-order valence-corrected chi connectivity index (χ4v) is 1.13. The number of terminal acetylenes is 1. The van der Waals surface area contributed by atoms with Crippen molar-refractivity contribution >= 4 is 5.91 Å². The van der Waals surface area contributed by atoms with E-state index in [0.29, 0.717) is 5.92 Å². The van der Waals surface area contributed by atoms with Crippen molar-refractivity contribution in [1.82, 2.24) is 5.32 Å². The zero-order valence-corrected chi connectivity index (χ0v) is 11.2. The maximum absolute atomic E-state index is 11.3. The van der Waals surface area contributed by atoms with Crippen LogP contribution < -0.4 is 5.32 Å². The minimum Gasteiger partial charge on any atom is -0.353 e. The van der Waals surface area contributed by atoms with Gasteiger partial charge in [-0.2, -0.15) is 0 Å². The molecule has 1 amide bonds. The van der Waals surface area contributed by atoms with Crippen LogP contribution in [0.15, 0.2) is 24.3 Å². The van der Waals surface area contributed by atoms with Gasteiger partial charge in [-0.3, -0.25) is 4.79 Å². The van der Waals surface area contributed by atoms with Crippen molar-refractivity contribution in [2.24, 2.45) is 5.92 Å². The molecule has 0 spiro atoms. The van der Waals surface area contributed by atoms with Gasteiger partial charge in [0, 0.05) is 19.0 Å². The molecule has 0 fully saturated rings. The van der Waals surface area contributed by atoms with E-state index >= 15 is 0 Å². The second-order valence-corrected chi connectivity index (χ2v) is 4.25. The number of unbranched alkanes of at least 4 members (excludes halogenated alkanes) is 1. The zero-order chi connectivity index (χ0) is 13.6. The Labute approximate surface area is 111 Å². The highest BCUT2D eigenvalue weighted by Gasteiger charge is 1.95. The van der Waals surface area contributed by atoms with Crippen LogP contribution in [0.5, 0.6) is 0 Å². The quantitative estimate of drug-likeness (QED) is 0.317. The number of hydrogen-bond acceptors (Lipinski definition) is 1. The molecule has 18 heavy (non-hydrogen) atoms. The van der Waals surface area contributed by atoms with Crippen LogP contribution in [0.1, 0.15) is 33.1 Å². The summed E-state index contributed by atoms with van der Waals surface area (Å²) in [6.07, 6.45) is 14.7. The van der Waals surface area contributed by atoms with Crippen LogP contribution in [-0.4, -0.2) is 12.5 Å². The van der Waals surface area contributed by atoms with Gasteiger partial charge in [0.1, 0.15) is 0 Å². The first kappa shape index (κ1) is 16.1. The summed E-state index contributed by atoms with van der Waals surface area (Å²) in [6.45, 7) is 4.99. The molecule has 2 heteroatoms. The van der Waals surface area contributed by atoms with E-state index in [-0.39, 0.29) is 5.91 Å². The van der Waals surface area contributed by atoms with E-state index in [1.165, 1.54) is 6.08 Å². The lowest BCUT2D eigenvalue weighted by Gasteiger charge is -2.04. The number of carbonyl (C=O) groups is 1. The highest BCUT2D eigenvalue weighted by atomic mass is 16.1. The largest absolute Gasteiger partial charge is 0.353 e. The first-order valence-corrected chi connectivity index (χ1v) is 6.21. The Bertz CT molecular complexity index is 386. The lowest BCUT2D eigenvalue weighted by atomic mass is 10.1. The maximum Gasteiger partial charge on any atom is 0.243 e. The molecule has 0 aromatic heterocycles. The molecule has 0 rings (SSSR count). The molecule has 2 nitrogen and oxygen atoms in total. The van der Waals surface area contributed by atoms with Gasteiger partial charge in [0.2, 0.25) is 5.91 Å². The number of nitrogens with one attached hydrogen (secondary N) is 1. The molecule has 0 saturated heterocycles. The molecule has 0 aromatic rings. The number of amides is 1. The molecule has 0 aliphatic carbocycles. The minimum absolute atomic E-state index is 0.0487. The monoisotopic (exact) mass is 243 g/mol. The van der Waals surface area contributed by atoms with Crippen molar-refractivity contribution in [3.8, 4) is 24.2 Å². The van der Waals surface area contributed by atoms with Crippen LogP contribution in [-0.2, 0) is 4.79 Å². The van der Waals surface area contributed by atoms with Gasteiger partial charge in [0.05, 0.1) is 0 Å². The van der Waals surface area contributed by atoms with E-state index in [1.807, 2.05) is 12.2 Å². The fourth-order valence-electron chi connectivity index (χ4n) is 1.13. The molecule has 1 N–H and O–H groups in total. The molecule has 0 aliphatic heterocycles. The molecule has 0 aliphatic rings. The Hall–Kier alpha value is -1.93. The van der Waals surface area contributed by atoms with Gasteiger partial charge in [-0.05, 0) is 30.6 Å². The van der Waals surface area contributed by atoms with Gasteiger partial charge in [-0.15, -0.1) is 6.42 Å². The second-order valence-electron chi connectivity index (χ2n) is 4.25. The number of carbonyl (C=O) groups excluding carboxylic acids is 1. The van der Waals surface area contributed by atoms with Crippen molar-refractivity contribution in [2.45, 2.75) is 33.1 Å². The Morgan fingerprint density at radius 2 is 2.17 bits per heavy atom. The third-order valence-corrected chi connectivity index (χ3v) is 2.11. The third kappa shape index (κ3) is 12.1. The summed E-state index contributed by atoms with van der Waals surface area (Å²) in [5.74, 6) is 8.20. The first-order chi connectivity index (χ1) is 8.66. The van der Waals surface area contributed by atoms with Gasteiger partial charge in [0.25, 0.3) is 0 Å². The third-order valence-electron chi connectivity index (χ3n) is 2.11. The predicted molar refractivity (Wildman–Crippen MR) is 76.6 cm³/mol. The standard InChI is InChI=1S/C16H21NO/c1-4-5-6-7-8-9-10-11-12-16(18)17-14-13-15(2)3/h1,9-12,15H,7-8,13-14H2,2-3H3,(H,17,18)/b10-9-,12-11+. The fraction of sp³-hybridized carbons (Fsp3) is 0.438. The highest BCUT2D eigenvalue weighted by molar-refractivity contribution is 5.87. The summed E-state index contributed by atoms with van der Waals surface area (Å²) in [5.41, 5.74) is 0. The molecule has 0 radical (unpaired) electrons. The minimum atomic E-state index is -0.0487. The lowest BCUT2D eigenvalue weighted by molar-refractivity contribution is -0.116. The maximum atomic E-state index is 11.3. The van der Waals surface area contributed by atoms with Crippen molar-refractivity contribution < 1.29 is 4.79 Å².